The van der Waals surface area contributed by atoms with E-state index in [0.717, 1.165) is 11.3 Å². The van der Waals surface area contributed by atoms with Crippen molar-refractivity contribution in [1.82, 2.24) is 15.5 Å². The number of hydrogen-bond acceptors (Lipinski definition) is 6. The van der Waals surface area contributed by atoms with Crippen molar-refractivity contribution in [3.63, 3.8) is 0 Å². The zero-order valence-corrected chi connectivity index (χ0v) is 14.8. The smallest absolute Gasteiger partial charge is 0.261 e. The first-order valence-electron chi connectivity index (χ1n) is 8.22. The van der Waals surface area contributed by atoms with Crippen LogP contribution in [0.2, 0.25) is 0 Å². The molecule has 0 saturated heterocycles. The van der Waals surface area contributed by atoms with E-state index in [4.69, 9.17) is 14.0 Å². The normalized spacial score (nSPS) is 11.7. The number of amides is 1. The van der Waals surface area contributed by atoms with Crippen LogP contribution in [0.15, 0.2) is 53.1 Å². The topological polar surface area (TPSA) is 86.5 Å². The number of aromatic nitrogens is 2. The molecule has 2 aromatic carbocycles. The van der Waals surface area contributed by atoms with Gasteiger partial charge >= 0.3 is 0 Å². The maximum Gasteiger partial charge on any atom is 0.261 e. The highest BCUT2D eigenvalue weighted by atomic mass is 19.1. The lowest BCUT2D eigenvalue weighted by molar-refractivity contribution is -0.127. The molecule has 0 radical (unpaired) electrons. The molecule has 1 N–H and O–H groups in total. The average molecular weight is 371 g/mol. The van der Waals surface area contributed by atoms with Gasteiger partial charge in [0.1, 0.15) is 17.3 Å². The maximum absolute atomic E-state index is 12.9. The first-order valence-corrected chi connectivity index (χ1v) is 8.22. The van der Waals surface area contributed by atoms with E-state index in [1.807, 2.05) is 12.1 Å². The molecule has 0 aliphatic carbocycles. The van der Waals surface area contributed by atoms with E-state index in [0.29, 0.717) is 11.6 Å². The van der Waals surface area contributed by atoms with Crippen LogP contribution in [0.25, 0.3) is 11.4 Å². The number of nitrogens with zero attached hydrogens (tertiary/aromatic N) is 2. The lowest BCUT2D eigenvalue weighted by atomic mass is 10.2. The van der Waals surface area contributed by atoms with Crippen molar-refractivity contribution < 1.29 is 23.2 Å². The molecule has 0 saturated carbocycles. The minimum Gasteiger partial charge on any atom is -0.497 e. The number of nitrogens with one attached hydrogen (secondary N) is 1. The summed E-state index contributed by atoms with van der Waals surface area (Å²) in [4.78, 5) is 16.4. The molecule has 27 heavy (non-hydrogen) atoms. The SMILES string of the molecule is COc1ccc(-c2noc(CNC(=O)C(C)Oc3ccc(F)cc3)n2)cc1. The predicted octanol–water partition coefficient (Wildman–Crippen LogP) is 2.97. The molecule has 1 heterocycles. The lowest BCUT2D eigenvalue weighted by Gasteiger charge is -2.13. The van der Waals surface area contributed by atoms with E-state index in [1.165, 1.54) is 24.3 Å². The lowest BCUT2D eigenvalue weighted by Crippen LogP contribution is -2.35. The van der Waals surface area contributed by atoms with Gasteiger partial charge in [-0.1, -0.05) is 5.16 Å². The largest absolute Gasteiger partial charge is 0.497 e. The molecule has 1 amide bonds. The zero-order chi connectivity index (χ0) is 19.2. The fourth-order valence-electron chi connectivity index (χ4n) is 2.26. The number of benzene rings is 2. The number of methoxy groups -OCH3 is 1. The van der Waals surface area contributed by atoms with Crippen molar-refractivity contribution in [2.45, 2.75) is 19.6 Å². The summed E-state index contributed by atoms with van der Waals surface area (Å²) in [5.41, 5.74) is 0.769. The third-order valence-electron chi connectivity index (χ3n) is 3.73. The van der Waals surface area contributed by atoms with Crippen LogP contribution in [0.5, 0.6) is 11.5 Å². The molecule has 0 spiro atoms. The van der Waals surface area contributed by atoms with Gasteiger partial charge in [-0.25, -0.2) is 4.39 Å². The molecule has 1 unspecified atom stereocenters. The Hall–Kier alpha value is -3.42. The number of rotatable bonds is 7. The number of carbonyl (C=O) groups excluding carboxylic acids is 1. The van der Waals surface area contributed by atoms with Crippen molar-refractivity contribution in [3.8, 4) is 22.9 Å². The summed E-state index contributed by atoms with van der Waals surface area (Å²) in [6.07, 6.45) is -0.764. The molecular formula is C19H18FN3O4. The molecule has 3 aromatic rings. The number of carbonyl (C=O) groups is 1. The summed E-state index contributed by atoms with van der Waals surface area (Å²) in [7, 11) is 1.59. The van der Waals surface area contributed by atoms with Crippen LogP contribution in [0, 0.1) is 5.82 Å². The molecule has 7 nitrogen and oxygen atoms in total. The van der Waals surface area contributed by atoms with Crippen LogP contribution in [0.4, 0.5) is 4.39 Å². The second-order valence-corrected chi connectivity index (χ2v) is 5.67. The summed E-state index contributed by atoms with van der Waals surface area (Å²) in [5, 5.41) is 6.55. The second kappa shape index (κ2) is 8.31. The minimum atomic E-state index is -0.764. The summed E-state index contributed by atoms with van der Waals surface area (Å²) in [6, 6.07) is 12.6. The molecule has 0 fully saturated rings. The Morgan fingerprint density at radius 1 is 1.15 bits per heavy atom. The molecular weight excluding hydrogens is 353 g/mol. The van der Waals surface area contributed by atoms with Gasteiger partial charge in [0.15, 0.2) is 6.10 Å². The van der Waals surface area contributed by atoms with Gasteiger partial charge in [0, 0.05) is 5.56 Å². The number of hydrogen-bond donors (Lipinski definition) is 1. The Kier molecular flexibility index (Phi) is 5.65. The van der Waals surface area contributed by atoms with Crippen molar-refractivity contribution >= 4 is 5.91 Å². The average Bonchev–Trinajstić information content (AvgIpc) is 3.17. The Labute approximate surface area is 155 Å². The van der Waals surface area contributed by atoms with E-state index in [2.05, 4.69) is 15.5 Å². The van der Waals surface area contributed by atoms with Crippen LogP contribution in [-0.2, 0) is 11.3 Å². The molecule has 1 aromatic heterocycles. The number of halogens is 1. The van der Waals surface area contributed by atoms with Crippen LogP contribution < -0.4 is 14.8 Å². The summed E-state index contributed by atoms with van der Waals surface area (Å²) < 4.78 is 28.6. The molecule has 1 atom stereocenters. The molecule has 140 valence electrons. The fraction of sp³-hybridized carbons (Fsp3) is 0.211. The Morgan fingerprint density at radius 2 is 1.81 bits per heavy atom. The highest BCUT2D eigenvalue weighted by molar-refractivity contribution is 5.80. The van der Waals surface area contributed by atoms with Gasteiger partial charge in [-0.3, -0.25) is 4.79 Å². The monoisotopic (exact) mass is 371 g/mol. The van der Waals surface area contributed by atoms with Gasteiger partial charge < -0.3 is 19.3 Å². The van der Waals surface area contributed by atoms with Crippen molar-refractivity contribution in [2.75, 3.05) is 7.11 Å². The summed E-state index contributed by atoms with van der Waals surface area (Å²) >= 11 is 0. The van der Waals surface area contributed by atoms with Crippen molar-refractivity contribution in [2.24, 2.45) is 0 Å². The van der Waals surface area contributed by atoms with E-state index < -0.39 is 6.10 Å². The first-order chi connectivity index (χ1) is 13.0. The third-order valence-corrected chi connectivity index (χ3v) is 3.73. The second-order valence-electron chi connectivity index (χ2n) is 5.67. The highest BCUT2D eigenvalue weighted by Crippen LogP contribution is 2.19. The first kappa shape index (κ1) is 18.4. The standard InChI is InChI=1S/C19H18FN3O4/c1-12(26-16-9-5-14(20)6-10-16)19(24)21-11-17-22-18(23-27-17)13-3-7-15(25-2)8-4-13/h3-10,12H,11H2,1-2H3,(H,21,24). The van der Waals surface area contributed by atoms with Crippen LogP contribution >= 0.6 is 0 Å². The highest BCUT2D eigenvalue weighted by Gasteiger charge is 2.16. The van der Waals surface area contributed by atoms with Gasteiger partial charge in [0.05, 0.1) is 13.7 Å². The molecule has 0 aliphatic heterocycles. The molecule has 0 aliphatic rings. The van der Waals surface area contributed by atoms with Gasteiger partial charge in [-0.2, -0.15) is 4.98 Å². The van der Waals surface area contributed by atoms with E-state index in [1.54, 1.807) is 26.2 Å². The third kappa shape index (κ3) is 4.81. The van der Waals surface area contributed by atoms with Crippen molar-refractivity contribution in [1.29, 1.82) is 0 Å². The van der Waals surface area contributed by atoms with Crippen LogP contribution in [-0.4, -0.2) is 29.3 Å². The minimum absolute atomic E-state index is 0.0686. The molecule has 8 heteroatoms. The van der Waals surface area contributed by atoms with Gasteiger partial charge in [-0.15, -0.1) is 0 Å². The van der Waals surface area contributed by atoms with E-state index >= 15 is 0 Å². The van der Waals surface area contributed by atoms with Gasteiger partial charge in [0.2, 0.25) is 11.7 Å². The Morgan fingerprint density at radius 3 is 2.48 bits per heavy atom. The van der Waals surface area contributed by atoms with E-state index in [9.17, 15) is 9.18 Å². The summed E-state index contributed by atoms with van der Waals surface area (Å²) in [5.74, 6) is 1.08. The summed E-state index contributed by atoms with van der Waals surface area (Å²) in [6.45, 7) is 1.66. The fourth-order valence-corrected chi connectivity index (χ4v) is 2.26. The Bertz CT molecular complexity index is 894. The maximum atomic E-state index is 12.9. The van der Waals surface area contributed by atoms with Crippen LogP contribution in [0.3, 0.4) is 0 Å². The molecule has 3 rings (SSSR count). The predicted molar refractivity (Wildman–Crippen MR) is 94.6 cm³/mol. The van der Waals surface area contributed by atoms with Gasteiger partial charge in [-0.05, 0) is 55.5 Å². The van der Waals surface area contributed by atoms with Gasteiger partial charge in [0.25, 0.3) is 5.91 Å². The number of ether oxygens (including phenoxy) is 2. The van der Waals surface area contributed by atoms with E-state index in [-0.39, 0.29) is 24.2 Å². The zero-order valence-electron chi connectivity index (χ0n) is 14.8. The molecule has 0 bridgehead atoms. The quantitative estimate of drug-likeness (QED) is 0.687. The van der Waals surface area contributed by atoms with Crippen molar-refractivity contribution in [3.05, 3.63) is 60.2 Å². The van der Waals surface area contributed by atoms with Crippen LogP contribution in [0.1, 0.15) is 12.8 Å². The Balaban J connectivity index is 1.54.